The molecule has 1 aromatic heterocycles. The Hall–Kier alpha value is -1.26. The van der Waals surface area contributed by atoms with Gasteiger partial charge in [-0.05, 0) is 25.1 Å². The van der Waals surface area contributed by atoms with Crippen LogP contribution >= 0.6 is 11.6 Å². The molecule has 3 N–H and O–H groups in total. The van der Waals surface area contributed by atoms with Crippen LogP contribution < -0.4 is 11.4 Å². The van der Waals surface area contributed by atoms with Crippen molar-refractivity contribution in [1.29, 1.82) is 0 Å². The molecule has 1 atom stereocenters. The molecule has 0 bridgehead atoms. The minimum absolute atomic E-state index is 0.0373. The molecule has 1 aromatic carbocycles. The Labute approximate surface area is 91.7 Å². The number of nitrogens with zero attached hydrogens (tertiary/aromatic N) is 1. The summed E-state index contributed by atoms with van der Waals surface area (Å²) < 4.78 is 1.63. The Morgan fingerprint density at radius 2 is 2.33 bits per heavy atom. The number of rotatable bonds is 2. The third-order valence-electron chi connectivity index (χ3n) is 2.46. The maximum atomic E-state index is 11.7. The molecular formula is C10H12ClN3O. The third-order valence-corrected chi connectivity index (χ3v) is 2.70. The summed E-state index contributed by atoms with van der Waals surface area (Å²) in [5.74, 6) is 0. The molecule has 0 radical (unpaired) electrons. The van der Waals surface area contributed by atoms with E-state index in [0.717, 1.165) is 11.0 Å². The number of nitrogens with one attached hydrogen (secondary N) is 1. The highest BCUT2D eigenvalue weighted by atomic mass is 35.5. The van der Waals surface area contributed by atoms with Gasteiger partial charge in [-0.1, -0.05) is 11.6 Å². The molecule has 4 nitrogen and oxygen atoms in total. The summed E-state index contributed by atoms with van der Waals surface area (Å²) in [5, 5.41) is 0.611. The van der Waals surface area contributed by atoms with Gasteiger partial charge in [0.25, 0.3) is 0 Å². The molecule has 0 spiro atoms. The first-order valence-corrected chi connectivity index (χ1v) is 5.11. The van der Waals surface area contributed by atoms with E-state index in [0.29, 0.717) is 11.6 Å². The average Bonchev–Trinajstić information content (AvgIpc) is 2.52. The highest BCUT2D eigenvalue weighted by Crippen LogP contribution is 2.18. The summed E-state index contributed by atoms with van der Waals surface area (Å²) in [5.41, 5.74) is 6.99. The monoisotopic (exact) mass is 225 g/mol. The van der Waals surface area contributed by atoms with Gasteiger partial charge in [0.1, 0.15) is 0 Å². The SMILES string of the molecule is CC(CN)n1c(=O)[nH]c2ccc(Cl)cc21. The molecule has 0 saturated carbocycles. The Morgan fingerprint density at radius 3 is 3.00 bits per heavy atom. The van der Waals surface area contributed by atoms with Crippen LogP contribution in [-0.4, -0.2) is 16.1 Å². The van der Waals surface area contributed by atoms with Gasteiger partial charge in [0.15, 0.2) is 0 Å². The maximum absolute atomic E-state index is 11.7. The average molecular weight is 226 g/mol. The summed E-state index contributed by atoms with van der Waals surface area (Å²) in [4.78, 5) is 14.4. The zero-order valence-electron chi connectivity index (χ0n) is 8.33. The Bertz CT molecular complexity index is 543. The minimum atomic E-state index is -0.148. The lowest BCUT2D eigenvalue weighted by atomic mass is 10.3. The van der Waals surface area contributed by atoms with Crippen LogP contribution in [0.5, 0.6) is 0 Å². The van der Waals surface area contributed by atoms with Crippen LogP contribution in [0.25, 0.3) is 11.0 Å². The molecule has 2 aromatic rings. The second kappa shape index (κ2) is 3.72. The first-order valence-electron chi connectivity index (χ1n) is 4.73. The van der Waals surface area contributed by atoms with E-state index in [9.17, 15) is 4.79 Å². The lowest BCUT2D eigenvalue weighted by Gasteiger charge is -2.10. The van der Waals surface area contributed by atoms with E-state index in [1.807, 2.05) is 6.92 Å². The normalized spacial score (nSPS) is 13.3. The first kappa shape index (κ1) is 10.3. The lowest BCUT2D eigenvalue weighted by molar-refractivity contribution is 0.557. The van der Waals surface area contributed by atoms with Crippen LogP contribution in [0.15, 0.2) is 23.0 Å². The molecular weight excluding hydrogens is 214 g/mol. The topological polar surface area (TPSA) is 63.8 Å². The second-order valence-corrected chi connectivity index (χ2v) is 3.98. The van der Waals surface area contributed by atoms with E-state index >= 15 is 0 Å². The van der Waals surface area contributed by atoms with Gasteiger partial charge >= 0.3 is 5.69 Å². The van der Waals surface area contributed by atoms with Gasteiger partial charge in [-0.25, -0.2) is 4.79 Å². The number of imidazole rings is 1. The van der Waals surface area contributed by atoms with Crippen LogP contribution in [0, 0.1) is 0 Å². The number of hydrogen-bond donors (Lipinski definition) is 2. The number of nitrogens with two attached hydrogens (primary N) is 1. The van der Waals surface area contributed by atoms with Crippen molar-refractivity contribution in [3.8, 4) is 0 Å². The predicted octanol–water partition coefficient (Wildman–Crippen LogP) is 1.50. The highest BCUT2D eigenvalue weighted by molar-refractivity contribution is 6.31. The van der Waals surface area contributed by atoms with E-state index in [1.54, 1.807) is 22.8 Å². The molecule has 1 heterocycles. The van der Waals surface area contributed by atoms with Crippen molar-refractivity contribution < 1.29 is 0 Å². The molecule has 0 aliphatic heterocycles. The van der Waals surface area contributed by atoms with Crippen molar-refractivity contribution in [2.45, 2.75) is 13.0 Å². The molecule has 0 aliphatic rings. The molecule has 80 valence electrons. The van der Waals surface area contributed by atoms with Gasteiger partial charge < -0.3 is 10.7 Å². The van der Waals surface area contributed by atoms with E-state index in [-0.39, 0.29) is 11.7 Å². The lowest BCUT2D eigenvalue weighted by Crippen LogP contribution is -2.25. The van der Waals surface area contributed by atoms with Crippen LogP contribution in [0.4, 0.5) is 0 Å². The molecule has 0 saturated heterocycles. The summed E-state index contributed by atoms with van der Waals surface area (Å²) >= 11 is 5.89. The van der Waals surface area contributed by atoms with Crippen molar-refractivity contribution in [2.75, 3.05) is 6.54 Å². The number of halogens is 1. The summed E-state index contributed by atoms with van der Waals surface area (Å²) in [6, 6.07) is 5.27. The fourth-order valence-corrected chi connectivity index (χ4v) is 1.80. The molecule has 5 heteroatoms. The molecule has 0 aliphatic carbocycles. The van der Waals surface area contributed by atoms with E-state index < -0.39 is 0 Å². The molecule has 15 heavy (non-hydrogen) atoms. The van der Waals surface area contributed by atoms with Crippen molar-refractivity contribution in [2.24, 2.45) is 5.73 Å². The van der Waals surface area contributed by atoms with Crippen molar-refractivity contribution in [3.63, 3.8) is 0 Å². The number of hydrogen-bond acceptors (Lipinski definition) is 2. The van der Waals surface area contributed by atoms with Crippen LogP contribution in [0.1, 0.15) is 13.0 Å². The van der Waals surface area contributed by atoms with Gasteiger partial charge in [-0.3, -0.25) is 4.57 Å². The van der Waals surface area contributed by atoms with E-state index in [4.69, 9.17) is 17.3 Å². The zero-order chi connectivity index (χ0) is 11.0. The fourth-order valence-electron chi connectivity index (χ4n) is 1.64. The second-order valence-electron chi connectivity index (χ2n) is 3.55. The van der Waals surface area contributed by atoms with E-state index in [1.165, 1.54) is 0 Å². The number of aromatic amines is 1. The fraction of sp³-hybridized carbons (Fsp3) is 0.300. The smallest absolute Gasteiger partial charge is 0.326 e. The van der Waals surface area contributed by atoms with E-state index in [2.05, 4.69) is 4.98 Å². The van der Waals surface area contributed by atoms with Crippen LogP contribution in [0.3, 0.4) is 0 Å². The Balaban J connectivity index is 2.76. The first-order chi connectivity index (χ1) is 7.13. The molecule has 0 fully saturated rings. The van der Waals surface area contributed by atoms with Crippen molar-refractivity contribution in [3.05, 3.63) is 33.7 Å². The standard InChI is InChI=1S/C10H12ClN3O/c1-6(5-12)14-9-4-7(11)2-3-8(9)13-10(14)15/h2-4,6H,5,12H2,1H3,(H,13,15). The van der Waals surface area contributed by atoms with Crippen LogP contribution in [0.2, 0.25) is 5.02 Å². The molecule has 0 amide bonds. The van der Waals surface area contributed by atoms with Gasteiger partial charge in [0.05, 0.1) is 11.0 Å². The molecule has 1 unspecified atom stereocenters. The third kappa shape index (κ3) is 1.66. The Kier molecular flexibility index (Phi) is 2.54. The number of H-pyrrole nitrogens is 1. The predicted molar refractivity (Wildman–Crippen MR) is 61.3 cm³/mol. The summed E-state index contributed by atoms with van der Waals surface area (Å²) in [6.07, 6.45) is 0. The minimum Gasteiger partial charge on any atom is -0.328 e. The molecule has 2 rings (SSSR count). The number of fused-ring (bicyclic) bond motifs is 1. The number of benzene rings is 1. The zero-order valence-corrected chi connectivity index (χ0v) is 9.08. The van der Waals surface area contributed by atoms with Crippen molar-refractivity contribution in [1.82, 2.24) is 9.55 Å². The van der Waals surface area contributed by atoms with Gasteiger partial charge in [0.2, 0.25) is 0 Å². The highest BCUT2D eigenvalue weighted by Gasteiger charge is 2.11. The number of aromatic nitrogens is 2. The quantitative estimate of drug-likeness (QED) is 0.814. The van der Waals surface area contributed by atoms with Gasteiger partial charge in [-0.2, -0.15) is 0 Å². The van der Waals surface area contributed by atoms with Gasteiger partial charge in [0, 0.05) is 17.6 Å². The van der Waals surface area contributed by atoms with Crippen LogP contribution in [-0.2, 0) is 0 Å². The van der Waals surface area contributed by atoms with Gasteiger partial charge in [-0.15, -0.1) is 0 Å². The largest absolute Gasteiger partial charge is 0.328 e. The summed E-state index contributed by atoms with van der Waals surface area (Å²) in [7, 11) is 0. The summed E-state index contributed by atoms with van der Waals surface area (Å²) in [6.45, 7) is 2.31. The Morgan fingerprint density at radius 1 is 1.60 bits per heavy atom. The van der Waals surface area contributed by atoms with Crippen molar-refractivity contribution >= 4 is 22.6 Å². The maximum Gasteiger partial charge on any atom is 0.326 e.